The highest BCUT2D eigenvalue weighted by Gasteiger charge is 2.10. The molecule has 1 aromatic carbocycles. The average molecular weight is 527 g/mol. The summed E-state index contributed by atoms with van der Waals surface area (Å²) >= 11 is 5.96. The second-order valence-corrected chi connectivity index (χ2v) is 5.89. The van der Waals surface area contributed by atoms with Crippen LogP contribution in [0.5, 0.6) is 11.6 Å². The normalized spacial score (nSPS) is 11.0. The summed E-state index contributed by atoms with van der Waals surface area (Å²) in [6.45, 7) is 0.0427. The fourth-order valence-corrected chi connectivity index (χ4v) is 2.43. The number of nitrogens with one attached hydrogen (secondary N) is 2. The lowest BCUT2D eigenvalue weighted by molar-refractivity contribution is -0.0504. The number of aromatic nitrogens is 1. The third-order valence-electron chi connectivity index (χ3n) is 3.46. The number of pyridine rings is 1. The monoisotopic (exact) mass is 526 g/mol. The molecule has 0 unspecified atom stereocenters. The van der Waals surface area contributed by atoms with Crippen molar-refractivity contribution >= 4 is 41.5 Å². The number of aliphatic imine (C=N–C) groups is 1. The van der Waals surface area contributed by atoms with Crippen LogP contribution < -0.4 is 20.1 Å². The number of rotatable bonds is 8. The highest BCUT2D eigenvalue weighted by atomic mass is 127. The first-order valence-electron chi connectivity index (χ1n) is 8.21. The Balaban J connectivity index is 0.00000392. The lowest BCUT2D eigenvalue weighted by Crippen LogP contribution is -2.39. The molecule has 0 spiro atoms. The maximum atomic E-state index is 12.5. The molecule has 0 saturated carbocycles. The number of halogens is 4. The zero-order chi connectivity index (χ0) is 19.6. The van der Waals surface area contributed by atoms with Crippen molar-refractivity contribution in [3.63, 3.8) is 0 Å². The Kier molecular flexibility index (Phi) is 10.8. The van der Waals surface area contributed by atoms with E-state index in [1.165, 1.54) is 6.07 Å². The van der Waals surface area contributed by atoms with Gasteiger partial charge in [-0.2, -0.15) is 8.78 Å². The molecule has 0 saturated heterocycles. The van der Waals surface area contributed by atoms with Gasteiger partial charge in [0.05, 0.1) is 6.54 Å². The van der Waals surface area contributed by atoms with Gasteiger partial charge in [-0.1, -0.05) is 29.3 Å². The molecule has 1 heterocycles. The van der Waals surface area contributed by atoms with E-state index in [0.29, 0.717) is 35.6 Å². The second-order valence-electron chi connectivity index (χ2n) is 5.48. The van der Waals surface area contributed by atoms with Crippen molar-refractivity contribution in [2.45, 2.75) is 20.1 Å². The fourth-order valence-electron chi connectivity index (χ4n) is 2.25. The number of nitrogens with zero attached hydrogens (tertiary/aromatic N) is 2. The first kappa shape index (κ1) is 24.2. The van der Waals surface area contributed by atoms with E-state index in [1.807, 2.05) is 6.92 Å². The van der Waals surface area contributed by atoms with Crippen LogP contribution in [-0.2, 0) is 6.54 Å². The Bertz CT molecular complexity index is 781. The predicted molar refractivity (Wildman–Crippen MR) is 116 cm³/mol. The van der Waals surface area contributed by atoms with Crippen molar-refractivity contribution in [1.29, 1.82) is 0 Å². The second kappa shape index (κ2) is 12.6. The van der Waals surface area contributed by atoms with Gasteiger partial charge < -0.3 is 20.1 Å². The third kappa shape index (κ3) is 8.01. The van der Waals surface area contributed by atoms with Crippen LogP contribution in [0.4, 0.5) is 8.78 Å². The summed E-state index contributed by atoms with van der Waals surface area (Å²) < 4.78 is 35.1. The quantitative estimate of drug-likeness (QED) is 0.236. The van der Waals surface area contributed by atoms with Crippen molar-refractivity contribution in [3.05, 3.63) is 52.7 Å². The first-order chi connectivity index (χ1) is 13.0. The van der Waals surface area contributed by atoms with E-state index < -0.39 is 6.61 Å². The molecule has 0 amide bonds. The van der Waals surface area contributed by atoms with Gasteiger partial charge in [0.2, 0.25) is 5.88 Å². The van der Waals surface area contributed by atoms with Gasteiger partial charge in [-0.3, -0.25) is 4.99 Å². The van der Waals surface area contributed by atoms with Gasteiger partial charge in [0, 0.05) is 25.4 Å². The maximum Gasteiger partial charge on any atom is 0.387 e. The van der Waals surface area contributed by atoms with Crippen molar-refractivity contribution in [2.24, 2.45) is 4.99 Å². The highest BCUT2D eigenvalue weighted by molar-refractivity contribution is 14.0. The summed E-state index contributed by atoms with van der Waals surface area (Å²) in [6.07, 6.45) is 1.59. The van der Waals surface area contributed by atoms with Gasteiger partial charge in [-0.15, -0.1) is 24.0 Å². The topological polar surface area (TPSA) is 67.8 Å². The lowest BCUT2D eigenvalue weighted by atomic mass is 10.1. The summed E-state index contributed by atoms with van der Waals surface area (Å²) in [4.78, 5) is 8.12. The molecule has 2 N–H and O–H groups in total. The van der Waals surface area contributed by atoms with E-state index >= 15 is 0 Å². The number of guanidine groups is 1. The molecule has 0 fully saturated rings. The summed E-state index contributed by atoms with van der Waals surface area (Å²) in [5.41, 5.74) is 1.55. The van der Waals surface area contributed by atoms with Crippen LogP contribution in [-0.4, -0.2) is 37.8 Å². The zero-order valence-corrected chi connectivity index (χ0v) is 18.5. The molecule has 2 aromatic rings. The summed E-state index contributed by atoms with van der Waals surface area (Å²) in [5, 5.41) is 6.55. The van der Waals surface area contributed by atoms with Crippen LogP contribution in [0.15, 0.2) is 41.5 Å². The number of alkyl halides is 2. The minimum atomic E-state index is -2.88. The van der Waals surface area contributed by atoms with Crippen LogP contribution >= 0.6 is 35.6 Å². The van der Waals surface area contributed by atoms with E-state index in [4.69, 9.17) is 16.3 Å². The van der Waals surface area contributed by atoms with E-state index in [2.05, 4.69) is 25.3 Å². The molecule has 0 radical (unpaired) electrons. The molecular formula is C18H22ClF2IN4O2. The van der Waals surface area contributed by atoms with Crippen LogP contribution in [0.25, 0.3) is 0 Å². The molecule has 0 aliphatic heterocycles. The Hall–Kier alpha value is -1.88. The van der Waals surface area contributed by atoms with E-state index in [1.54, 1.807) is 37.5 Å². The Morgan fingerprint density at radius 1 is 1.29 bits per heavy atom. The van der Waals surface area contributed by atoms with Gasteiger partial charge in [0.15, 0.2) is 5.96 Å². The first-order valence-corrected chi connectivity index (χ1v) is 8.59. The molecule has 0 atom stereocenters. The van der Waals surface area contributed by atoms with Crippen molar-refractivity contribution < 1.29 is 18.3 Å². The fraction of sp³-hybridized carbons (Fsp3) is 0.333. The summed E-state index contributed by atoms with van der Waals surface area (Å²) in [6, 6.07) is 8.44. The summed E-state index contributed by atoms with van der Waals surface area (Å²) in [7, 11) is 1.61. The number of ether oxygens (including phenoxy) is 2. The molecule has 2 rings (SSSR count). The van der Waals surface area contributed by atoms with E-state index in [0.717, 1.165) is 5.56 Å². The van der Waals surface area contributed by atoms with Gasteiger partial charge in [-0.05, 0) is 25.1 Å². The lowest BCUT2D eigenvalue weighted by Gasteiger charge is -2.15. The SMILES string of the molecule is CN=C(NCCOc1ncccc1Cl)NCc1cc(C)ccc1OC(F)F.I. The molecule has 154 valence electrons. The molecule has 0 aliphatic rings. The number of hydrogen-bond acceptors (Lipinski definition) is 4. The Morgan fingerprint density at radius 2 is 2.07 bits per heavy atom. The standard InChI is InChI=1S/C18H21ClF2N4O2.HI/c1-12-5-6-15(27-17(20)21)13(10-12)11-25-18(22-2)24-8-9-26-16-14(19)4-3-7-23-16;/h3-7,10,17H,8-9,11H2,1-2H3,(H2,22,24,25);1H. The van der Waals surface area contributed by atoms with Crippen LogP contribution in [0.2, 0.25) is 5.02 Å². The molecule has 6 nitrogen and oxygen atoms in total. The molecule has 0 aliphatic carbocycles. The average Bonchev–Trinajstić information content (AvgIpc) is 2.64. The minimum absolute atomic E-state index is 0. The van der Waals surface area contributed by atoms with Gasteiger partial charge in [-0.25, -0.2) is 4.98 Å². The van der Waals surface area contributed by atoms with Crippen molar-refractivity contribution in [2.75, 3.05) is 20.2 Å². The van der Waals surface area contributed by atoms with Gasteiger partial charge >= 0.3 is 6.61 Å². The molecular weight excluding hydrogens is 505 g/mol. The molecule has 10 heteroatoms. The smallest absolute Gasteiger partial charge is 0.387 e. The Morgan fingerprint density at radius 3 is 2.75 bits per heavy atom. The van der Waals surface area contributed by atoms with Crippen LogP contribution in [0, 0.1) is 6.92 Å². The molecule has 0 bridgehead atoms. The Labute approximate surface area is 184 Å². The van der Waals surface area contributed by atoms with Gasteiger partial charge in [0.1, 0.15) is 17.4 Å². The van der Waals surface area contributed by atoms with E-state index in [9.17, 15) is 8.78 Å². The number of hydrogen-bond donors (Lipinski definition) is 2. The zero-order valence-electron chi connectivity index (χ0n) is 15.4. The number of benzene rings is 1. The largest absolute Gasteiger partial charge is 0.475 e. The third-order valence-corrected chi connectivity index (χ3v) is 3.75. The molecule has 1 aromatic heterocycles. The molecule has 28 heavy (non-hydrogen) atoms. The number of aryl methyl sites for hydroxylation is 1. The van der Waals surface area contributed by atoms with E-state index in [-0.39, 0.29) is 36.3 Å². The minimum Gasteiger partial charge on any atom is -0.475 e. The summed E-state index contributed by atoms with van der Waals surface area (Å²) in [5.74, 6) is 0.986. The highest BCUT2D eigenvalue weighted by Crippen LogP contribution is 2.22. The van der Waals surface area contributed by atoms with Crippen LogP contribution in [0.3, 0.4) is 0 Å². The van der Waals surface area contributed by atoms with Crippen LogP contribution in [0.1, 0.15) is 11.1 Å². The predicted octanol–water partition coefficient (Wildman–Crippen LogP) is 4.01. The maximum absolute atomic E-state index is 12.5. The van der Waals surface area contributed by atoms with Crippen molar-refractivity contribution in [1.82, 2.24) is 15.6 Å². The van der Waals surface area contributed by atoms with Crippen molar-refractivity contribution in [3.8, 4) is 11.6 Å². The van der Waals surface area contributed by atoms with Gasteiger partial charge in [0.25, 0.3) is 0 Å².